The van der Waals surface area contributed by atoms with Crippen LogP contribution < -0.4 is 5.73 Å². The Morgan fingerprint density at radius 2 is 1.74 bits per heavy atom. The fraction of sp³-hybridized carbons (Fsp3) is 0.0625. The first-order valence-corrected chi connectivity index (χ1v) is 6.10. The van der Waals surface area contributed by atoms with Crippen molar-refractivity contribution in [2.75, 3.05) is 0 Å². The molecule has 0 saturated carbocycles. The summed E-state index contributed by atoms with van der Waals surface area (Å²) >= 11 is 0. The molecule has 3 rings (SSSR count). The van der Waals surface area contributed by atoms with Crippen LogP contribution >= 0.6 is 0 Å². The summed E-state index contributed by atoms with van der Waals surface area (Å²) in [6.07, 6.45) is 1.55. The van der Waals surface area contributed by atoms with Crippen LogP contribution in [-0.4, -0.2) is 4.98 Å². The number of rotatable bonds is 2. The Morgan fingerprint density at radius 1 is 0.947 bits per heavy atom. The monoisotopic (exact) mass is 252 g/mol. The molecule has 3 aromatic rings. The van der Waals surface area contributed by atoms with Crippen LogP contribution in [0.1, 0.15) is 17.3 Å². The van der Waals surface area contributed by atoms with Gasteiger partial charge in [0.2, 0.25) is 0 Å². The zero-order chi connectivity index (χ0) is 13.2. The molecule has 1 unspecified atom stereocenters. The normalized spacial score (nSPS) is 12.5. The van der Waals surface area contributed by atoms with Gasteiger partial charge in [0.15, 0.2) is 0 Å². The fourth-order valence-electron chi connectivity index (χ4n) is 2.19. The van der Waals surface area contributed by atoms with Crippen LogP contribution in [-0.2, 0) is 0 Å². The van der Waals surface area contributed by atoms with Crippen LogP contribution in [0.3, 0.4) is 0 Å². The summed E-state index contributed by atoms with van der Waals surface area (Å²) in [6, 6.07) is 16.3. The van der Waals surface area contributed by atoms with E-state index in [4.69, 9.17) is 5.73 Å². The largest absolute Gasteiger partial charge is 0.319 e. The van der Waals surface area contributed by atoms with E-state index in [1.807, 2.05) is 42.5 Å². The summed E-state index contributed by atoms with van der Waals surface area (Å²) in [4.78, 5) is 4.03. The lowest BCUT2D eigenvalue weighted by Gasteiger charge is -2.13. The first-order chi connectivity index (χ1) is 9.25. The average molecular weight is 252 g/mol. The number of fused-ring (bicyclic) bond motifs is 1. The lowest BCUT2D eigenvalue weighted by molar-refractivity contribution is 0.586. The van der Waals surface area contributed by atoms with Crippen LogP contribution in [0.25, 0.3) is 10.8 Å². The van der Waals surface area contributed by atoms with Crippen LogP contribution in [0.5, 0.6) is 0 Å². The minimum atomic E-state index is -0.550. The summed E-state index contributed by atoms with van der Waals surface area (Å²) in [5.41, 5.74) is 7.24. The molecule has 0 spiro atoms. The first kappa shape index (κ1) is 11.8. The Labute approximate surface area is 110 Å². The van der Waals surface area contributed by atoms with Crippen molar-refractivity contribution in [3.63, 3.8) is 0 Å². The molecule has 2 nitrogen and oxygen atoms in total. The number of pyridine rings is 1. The van der Waals surface area contributed by atoms with Crippen LogP contribution in [0.15, 0.2) is 60.8 Å². The summed E-state index contributed by atoms with van der Waals surface area (Å²) in [5, 5.41) is 2.23. The van der Waals surface area contributed by atoms with E-state index in [1.165, 1.54) is 6.07 Å². The number of aromatic nitrogens is 1. The predicted octanol–water partition coefficient (Wildman–Crippen LogP) is 3.42. The van der Waals surface area contributed by atoms with Gasteiger partial charge in [-0.05, 0) is 34.5 Å². The van der Waals surface area contributed by atoms with E-state index >= 15 is 0 Å². The molecule has 3 heteroatoms. The molecule has 0 radical (unpaired) electrons. The molecule has 0 aliphatic heterocycles. The molecule has 0 bridgehead atoms. The van der Waals surface area contributed by atoms with Gasteiger partial charge in [0, 0.05) is 6.20 Å². The lowest BCUT2D eigenvalue weighted by atomic mass is 10.00. The molecule has 0 aliphatic rings. The van der Waals surface area contributed by atoms with Crippen LogP contribution in [0.4, 0.5) is 4.39 Å². The highest BCUT2D eigenvalue weighted by molar-refractivity contribution is 5.83. The zero-order valence-corrected chi connectivity index (χ0v) is 10.3. The van der Waals surface area contributed by atoms with Crippen LogP contribution in [0.2, 0.25) is 0 Å². The van der Waals surface area contributed by atoms with E-state index in [1.54, 1.807) is 12.3 Å². The number of nitrogens with zero attached hydrogens (tertiary/aromatic N) is 1. The first-order valence-electron chi connectivity index (χ1n) is 6.10. The average Bonchev–Trinajstić information content (AvgIpc) is 2.46. The van der Waals surface area contributed by atoms with Crippen LogP contribution in [0, 0.1) is 5.82 Å². The Kier molecular flexibility index (Phi) is 2.97. The van der Waals surface area contributed by atoms with Crippen molar-refractivity contribution in [1.29, 1.82) is 0 Å². The number of halogens is 1. The smallest absolute Gasteiger partial charge is 0.146 e. The number of nitrogens with two attached hydrogens (primary N) is 1. The molecule has 2 aromatic carbocycles. The maximum Gasteiger partial charge on any atom is 0.146 e. The summed E-state index contributed by atoms with van der Waals surface area (Å²) in [7, 11) is 0. The van der Waals surface area contributed by atoms with Crippen molar-refractivity contribution < 1.29 is 4.39 Å². The van der Waals surface area contributed by atoms with E-state index < -0.39 is 6.04 Å². The maximum absolute atomic E-state index is 13.7. The molecule has 0 amide bonds. The highest BCUT2D eigenvalue weighted by Crippen LogP contribution is 2.23. The summed E-state index contributed by atoms with van der Waals surface area (Å²) < 4.78 is 13.7. The second-order valence-electron chi connectivity index (χ2n) is 4.45. The topological polar surface area (TPSA) is 38.9 Å². The number of benzene rings is 2. The second kappa shape index (κ2) is 4.78. The zero-order valence-electron chi connectivity index (χ0n) is 10.3. The Morgan fingerprint density at radius 3 is 2.53 bits per heavy atom. The van der Waals surface area contributed by atoms with Crippen molar-refractivity contribution in [3.8, 4) is 0 Å². The van der Waals surface area contributed by atoms with E-state index in [9.17, 15) is 4.39 Å². The molecule has 0 fully saturated rings. The van der Waals surface area contributed by atoms with Crippen molar-refractivity contribution in [3.05, 3.63) is 77.9 Å². The third-order valence-electron chi connectivity index (χ3n) is 3.21. The fourth-order valence-corrected chi connectivity index (χ4v) is 2.19. The van der Waals surface area contributed by atoms with Gasteiger partial charge in [-0.15, -0.1) is 0 Å². The van der Waals surface area contributed by atoms with Gasteiger partial charge in [0.1, 0.15) is 5.82 Å². The number of hydrogen-bond acceptors (Lipinski definition) is 2. The van der Waals surface area contributed by atoms with E-state index in [0.717, 1.165) is 16.3 Å². The van der Waals surface area contributed by atoms with Gasteiger partial charge in [-0.2, -0.15) is 0 Å². The molecule has 19 heavy (non-hydrogen) atoms. The quantitative estimate of drug-likeness (QED) is 0.759. The SMILES string of the molecule is NC(c1ccc2ccccc2c1)c1ncccc1F. The lowest BCUT2D eigenvalue weighted by Crippen LogP contribution is -2.15. The van der Waals surface area contributed by atoms with E-state index in [-0.39, 0.29) is 11.5 Å². The predicted molar refractivity (Wildman–Crippen MR) is 74.2 cm³/mol. The van der Waals surface area contributed by atoms with Crippen molar-refractivity contribution >= 4 is 10.8 Å². The minimum absolute atomic E-state index is 0.276. The third-order valence-corrected chi connectivity index (χ3v) is 3.21. The van der Waals surface area contributed by atoms with Gasteiger partial charge in [0.25, 0.3) is 0 Å². The van der Waals surface area contributed by atoms with Gasteiger partial charge in [0.05, 0.1) is 11.7 Å². The van der Waals surface area contributed by atoms with Gasteiger partial charge >= 0.3 is 0 Å². The third kappa shape index (κ3) is 2.20. The highest BCUT2D eigenvalue weighted by Gasteiger charge is 2.14. The molecule has 2 N–H and O–H groups in total. The second-order valence-corrected chi connectivity index (χ2v) is 4.45. The Balaban J connectivity index is 2.07. The number of hydrogen-bond donors (Lipinski definition) is 1. The highest BCUT2D eigenvalue weighted by atomic mass is 19.1. The summed E-state index contributed by atoms with van der Waals surface area (Å²) in [5.74, 6) is -0.372. The summed E-state index contributed by atoms with van der Waals surface area (Å²) in [6.45, 7) is 0. The molecule has 1 heterocycles. The minimum Gasteiger partial charge on any atom is -0.319 e. The maximum atomic E-state index is 13.7. The van der Waals surface area contributed by atoms with Gasteiger partial charge < -0.3 is 5.73 Å². The van der Waals surface area contributed by atoms with Gasteiger partial charge in [-0.25, -0.2) is 4.39 Å². The molecule has 94 valence electrons. The Bertz CT molecular complexity index is 725. The van der Waals surface area contributed by atoms with E-state index in [2.05, 4.69) is 4.98 Å². The standard InChI is InChI=1S/C16H13FN2/c17-14-6-3-9-19-16(14)15(18)13-8-7-11-4-1-2-5-12(11)10-13/h1-10,15H,18H2. The van der Waals surface area contributed by atoms with Crippen molar-refractivity contribution in [2.45, 2.75) is 6.04 Å². The molecule has 0 saturated heterocycles. The molecule has 1 atom stereocenters. The molecule has 0 aliphatic carbocycles. The van der Waals surface area contributed by atoms with E-state index in [0.29, 0.717) is 0 Å². The molecular formula is C16H13FN2. The van der Waals surface area contributed by atoms with Gasteiger partial charge in [-0.1, -0.05) is 36.4 Å². The van der Waals surface area contributed by atoms with Gasteiger partial charge in [-0.3, -0.25) is 4.98 Å². The van der Waals surface area contributed by atoms with Crippen molar-refractivity contribution in [2.24, 2.45) is 5.73 Å². The Hall–Kier alpha value is -2.26. The van der Waals surface area contributed by atoms with Crippen molar-refractivity contribution in [1.82, 2.24) is 4.98 Å². The molecule has 1 aromatic heterocycles. The molecular weight excluding hydrogens is 239 g/mol.